The Morgan fingerprint density at radius 3 is 2.83 bits per heavy atom. The number of anilines is 1. The van der Waals surface area contributed by atoms with Crippen LogP contribution in [0.5, 0.6) is 5.88 Å². The lowest BCUT2D eigenvalue weighted by atomic mass is 10.2. The Labute approximate surface area is 194 Å². The van der Waals surface area contributed by atoms with Crippen LogP contribution in [0.3, 0.4) is 0 Å². The highest BCUT2D eigenvalue weighted by Crippen LogP contribution is 2.25. The van der Waals surface area contributed by atoms with Crippen molar-refractivity contribution in [3.05, 3.63) is 47.2 Å². The highest BCUT2D eigenvalue weighted by atomic mass is 127. The van der Waals surface area contributed by atoms with Gasteiger partial charge in [-0.3, -0.25) is 0 Å². The number of hydrogen-bond donors (Lipinski definition) is 2. The van der Waals surface area contributed by atoms with Crippen molar-refractivity contribution in [1.29, 1.82) is 0 Å². The first kappa shape index (κ1) is 23.5. The predicted molar refractivity (Wildman–Crippen MR) is 129 cm³/mol. The molecule has 1 aliphatic heterocycles. The zero-order valence-corrected chi connectivity index (χ0v) is 19.9. The van der Waals surface area contributed by atoms with Crippen LogP contribution in [0.1, 0.15) is 25.8 Å². The van der Waals surface area contributed by atoms with Crippen molar-refractivity contribution in [2.24, 2.45) is 4.99 Å². The Morgan fingerprint density at radius 2 is 2.07 bits per heavy atom. The van der Waals surface area contributed by atoms with Gasteiger partial charge < -0.3 is 20.3 Å². The molecule has 0 bridgehead atoms. The minimum Gasteiger partial charge on any atom is -0.478 e. The molecule has 9 heteroatoms. The smallest absolute Gasteiger partial charge is 0.218 e. The van der Waals surface area contributed by atoms with Crippen LogP contribution in [-0.4, -0.2) is 48.2 Å². The summed E-state index contributed by atoms with van der Waals surface area (Å²) in [6.07, 6.45) is 4.50. The second-order valence-corrected chi connectivity index (χ2v) is 6.89. The largest absolute Gasteiger partial charge is 0.478 e. The van der Waals surface area contributed by atoms with Gasteiger partial charge in [0.05, 0.1) is 18.2 Å². The average molecular weight is 531 g/mol. The van der Waals surface area contributed by atoms with Gasteiger partial charge in [0.15, 0.2) is 5.96 Å². The van der Waals surface area contributed by atoms with Crippen molar-refractivity contribution >= 4 is 47.4 Å². The first-order chi connectivity index (χ1) is 13.7. The van der Waals surface area contributed by atoms with E-state index >= 15 is 0 Å². The van der Waals surface area contributed by atoms with Crippen LogP contribution in [0.2, 0.25) is 5.02 Å². The van der Waals surface area contributed by atoms with Crippen molar-refractivity contribution in [3.8, 4) is 5.88 Å². The molecule has 7 nitrogen and oxygen atoms in total. The third-order valence-corrected chi connectivity index (χ3v) is 4.75. The van der Waals surface area contributed by atoms with Crippen LogP contribution >= 0.6 is 35.6 Å². The SMILES string of the molecule is CCNC(=NCc1cccnc1OCC)NC1CCN(c2ncccc2Cl)C1.I. The number of nitrogens with zero attached hydrogens (tertiary/aromatic N) is 4. The molecule has 1 unspecified atom stereocenters. The van der Waals surface area contributed by atoms with Gasteiger partial charge in [0.1, 0.15) is 5.82 Å². The lowest BCUT2D eigenvalue weighted by molar-refractivity contribution is 0.323. The van der Waals surface area contributed by atoms with Crippen molar-refractivity contribution in [3.63, 3.8) is 0 Å². The van der Waals surface area contributed by atoms with Gasteiger partial charge >= 0.3 is 0 Å². The van der Waals surface area contributed by atoms with E-state index in [1.54, 1.807) is 12.4 Å². The Morgan fingerprint density at radius 1 is 1.28 bits per heavy atom. The number of ether oxygens (including phenoxy) is 1. The average Bonchev–Trinajstić information content (AvgIpc) is 3.16. The molecule has 2 aromatic rings. The second-order valence-electron chi connectivity index (χ2n) is 6.48. The Kier molecular flexibility index (Phi) is 9.72. The molecule has 29 heavy (non-hydrogen) atoms. The molecule has 0 aromatic carbocycles. The maximum absolute atomic E-state index is 6.29. The van der Waals surface area contributed by atoms with E-state index in [2.05, 4.69) is 32.4 Å². The summed E-state index contributed by atoms with van der Waals surface area (Å²) in [6.45, 7) is 7.62. The maximum Gasteiger partial charge on any atom is 0.218 e. The summed E-state index contributed by atoms with van der Waals surface area (Å²) in [6, 6.07) is 7.89. The number of rotatable bonds is 7. The molecule has 158 valence electrons. The first-order valence-corrected chi connectivity index (χ1v) is 10.1. The lowest BCUT2D eigenvalue weighted by Gasteiger charge is -2.20. The van der Waals surface area contributed by atoms with Crippen molar-refractivity contribution in [2.45, 2.75) is 32.9 Å². The number of pyridine rings is 2. The topological polar surface area (TPSA) is 74.7 Å². The van der Waals surface area contributed by atoms with Crippen LogP contribution in [0.4, 0.5) is 5.82 Å². The Hall–Kier alpha value is -1.81. The highest BCUT2D eigenvalue weighted by Gasteiger charge is 2.25. The van der Waals surface area contributed by atoms with Gasteiger partial charge in [-0.05, 0) is 38.5 Å². The molecule has 1 saturated heterocycles. The summed E-state index contributed by atoms with van der Waals surface area (Å²) in [5.74, 6) is 2.27. The van der Waals surface area contributed by atoms with Gasteiger partial charge in [0.25, 0.3) is 0 Å². The molecule has 3 heterocycles. The number of hydrogen-bond acceptors (Lipinski definition) is 5. The van der Waals surface area contributed by atoms with E-state index in [1.165, 1.54) is 0 Å². The first-order valence-electron chi connectivity index (χ1n) is 9.68. The van der Waals surface area contributed by atoms with E-state index in [4.69, 9.17) is 21.3 Å². The summed E-state index contributed by atoms with van der Waals surface area (Å²) in [4.78, 5) is 15.6. The van der Waals surface area contributed by atoms with Gasteiger partial charge in [-0.25, -0.2) is 15.0 Å². The van der Waals surface area contributed by atoms with Crippen molar-refractivity contribution in [2.75, 3.05) is 31.1 Å². The quantitative estimate of drug-likeness (QED) is 0.324. The van der Waals surface area contributed by atoms with Gasteiger partial charge in [-0.1, -0.05) is 17.7 Å². The monoisotopic (exact) mass is 530 g/mol. The molecular weight excluding hydrogens is 503 g/mol. The Bertz CT molecular complexity index is 806. The standard InChI is InChI=1S/C20H27ClN6O.HI/c1-3-22-20(25-13-15-7-5-11-24-19(15)28-4-2)26-16-9-12-27(14-16)18-17(21)8-6-10-23-18;/h5-8,10-11,16H,3-4,9,12-14H2,1-2H3,(H2,22,25,26);1H. The van der Waals surface area contributed by atoms with Crippen LogP contribution in [-0.2, 0) is 6.54 Å². The molecule has 1 aliphatic rings. The number of halogens is 2. The van der Waals surface area contributed by atoms with E-state index < -0.39 is 0 Å². The molecule has 3 rings (SSSR count). The summed E-state index contributed by atoms with van der Waals surface area (Å²) in [7, 11) is 0. The molecule has 0 saturated carbocycles. The maximum atomic E-state index is 6.29. The van der Waals surface area contributed by atoms with E-state index in [0.29, 0.717) is 24.1 Å². The fourth-order valence-corrected chi connectivity index (χ4v) is 3.41. The predicted octanol–water partition coefficient (Wildman–Crippen LogP) is 3.48. The van der Waals surface area contributed by atoms with Crippen LogP contribution < -0.4 is 20.3 Å². The van der Waals surface area contributed by atoms with E-state index in [1.807, 2.05) is 31.2 Å². The summed E-state index contributed by atoms with van der Waals surface area (Å²) < 4.78 is 5.59. The molecule has 1 fully saturated rings. The van der Waals surface area contributed by atoms with Gasteiger partial charge in [-0.2, -0.15) is 0 Å². The molecule has 0 amide bonds. The minimum atomic E-state index is 0. The number of aliphatic imine (C=N–C) groups is 1. The van der Waals surface area contributed by atoms with Crippen LogP contribution in [0, 0.1) is 0 Å². The van der Waals surface area contributed by atoms with E-state index in [0.717, 1.165) is 43.4 Å². The molecule has 2 aromatic heterocycles. The van der Waals surface area contributed by atoms with Crippen LogP contribution in [0.25, 0.3) is 0 Å². The molecule has 0 radical (unpaired) electrons. The van der Waals surface area contributed by atoms with E-state index in [-0.39, 0.29) is 30.0 Å². The summed E-state index contributed by atoms with van der Waals surface area (Å²) in [5, 5.41) is 7.52. The van der Waals surface area contributed by atoms with Crippen LogP contribution in [0.15, 0.2) is 41.7 Å². The fraction of sp³-hybridized carbons (Fsp3) is 0.450. The van der Waals surface area contributed by atoms with Gasteiger partial charge in [0, 0.05) is 43.6 Å². The normalized spacial score (nSPS) is 16.3. The summed E-state index contributed by atoms with van der Waals surface area (Å²) in [5.41, 5.74) is 0.967. The molecule has 1 atom stereocenters. The Balaban J connectivity index is 0.00000300. The van der Waals surface area contributed by atoms with Gasteiger partial charge in [0.2, 0.25) is 5.88 Å². The molecule has 0 spiro atoms. The lowest BCUT2D eigenvalue weighted by Crippen LogP contribution is -2.44. The van der Waals surface area contributed by atoms with Gasteiger partial charge in [-0.15, -0.1) is 24.0 Å². The number of guanidine groups is 1. The van der Waals surface area contributed by atoms with E-state index in [9.17, 15) is 0 Å². The third-order valence-electron chi connectivity index (χ3n) is 4.45. The summed E-state index contributed by atoms with van der Waals surface area (Å²) >= 11 is 6.29. The minimum absolute atomic E-state index is 0. The highest BCUT2D eigenvalue weighted by molar-refractivity contribution is 14.0. The second kappa shape index (κ2) is 12.0. The molecular formula is C20H28ClIN6O. The molecule has 2 N–H and O–H groups in total. The number of aromatic nitrogens is 2. The zero-order valence-electron chi connectivity index (χ0n) is 16.8. The third kappa shape index (κ3) is 6.60. The van der Waals surface area contributed by atoms with Crippen molar-refractivity contribution < 1.29 is 4.74 Å². The van der Waals surface area contributed by atoms with Crippen molar-refractivity contribution in [1.82, 2.24) is 20.6 Å². The number of nitrogens with one attached hydrogen (secondary N) is 2. The zero-order chi connectivity index (χ0) is 19.8. The molecule has 0 aliphatic carbocycles. The fourth-order valence-electron chi connectivity index (χ4n) is 3.17.